The summed E-state index contributed by atoms with van der Waals surface area (Å²) in [4.78, 5) is 22.5. The van der Waals surface area contributed by atoms with Crippen molar-refractivity contribution in [3.8, 4) is 0 Å². The molecule has 9 heteroatoms. The predicted molar refractivity (Wildman–Crippen MR) is 108 cm³/mol. The zero-order valence-corrected chi connectivity index (χ0v) is 16.8. The molecule has 4 rings (SSSR count). The Labute approximate surface area is 172 Å². The van der Waals surface area contributed by atoms with E-state index in [0.29, 0.717) is 24.6 Å². The van der Waals surface area contributed by atoms with E-state index in [4.69, 9.17) is 0 Å². The molecule has 3 aromatic heterocycles. The van der Waals surface area contributed by atoms with Crippen molar-refractivity contribution in [2.24, 2.45) is 0 Å². The van der Waals surface area contributed by atoms with Gasteiger partial charge in [-0.1, -0.05) is 6.42 Å². The summed E-state index contributed by atoms with van der Waals surface area (Å²) in [6.45, 7) is 0.948. The molecule has 1 aliphatic rings. The monoisotopic (exact) mass is 412 g/mol. The van der Waals surface area contributed by atoms with Crippen molar-refractivity contribution in [3.63, 3.8) is 0 Å². The summed E-state index contributed by atoms with van der Waals surface area (Å²) in [5.74, 6) is 0.0568. The first-order chi connectivity index (χ1) is 14.1. The summed E-state index contributed by atoms with van der Waals surface area (Å²) in [7, 11) is 1.71. The van der Waals surface area contributed by atoms with Crippen molar-refractivity contribution in [3.05, 3.63) is 64.3 Å². The van der Waals surface area contributed by atoms with E-state index in [0.717, 1.165) is 24.3 Å². The quantitative estimate of drug-likeness (QED) is 0.641. The van der Waals surface area contributed by atoms with Crippen molar-refractivity contribution in [1.29, 1.82) is 0 Å². The summed E-state index contributed by atoms with van der Waals surface area (Å²) < 4.78 is 14.2. The summed E-state index contributed by atoms with van der Waals surface area (Å²) in [6, 6.07) is 6.42. The van der Waals surface area contributed by atoms with Gasteiger partial charge in [0.1, 0.15) is 16.6 Å². The summed E-state index contributed by atoms with van der Waals surface area (Å²) in [6.07, 6.45) is 6.13. The van der Waals surface area contributed by atoms with Gasteiger partial charge in [-0.15, -0.1) is 21.5 Å². The third-order valence-corrected chi connectivity index (χ3v) is 6.03. The third-order valence-electron chi connectivity index (χ3n) is 5.27. The van der Waals surface area contributed by atoms with Crippen LogP contribution in [-0.2, 0) is 12.0 Å². The molecule has 0 atom stereocenters. The first-order valence-corrected chi connectivity index (χ1v) is 10.3. The Hall–Kier alpha value is -2.94. The van der Waals surface area contributed by atoms with Gasteiger partial charge in [0.25, 0.3) is 5.91 Å². The average molecular weight is 412 g/mol. The lowest BCUT2D eigenvalue weighted by molar-refractivity contribution is 0.0778. The van der Waals surface area contributed by atoms with E-state index in [9.17, 15) is 9.18 Å². The highest BCUT2D eigenvalue weighted by Crippen LogP contribution is 2.43. The van der Waals surface area contributed by atoms with Crippen LogP contribution >= 0.6 is 11.3 Å². The third kappa shape index (κ3) is 4.09. The second-order valence-corrected chi connectivity index (χ2v) is 8.19. The first kappa shape index (κ1) is 19.4. The minimum absolute atomic E-state index is 0.217. The number of nitrogens with one attached hydrogen (secondary N) is 1. The second-order valence-electron chi connectivity index (χ2n) is 7.21. The molecule has 0 aliphatic heterocycles. The van der Waals surface area contributed by atoms with Crippen molar-refractivity contribution in [1.82, 2.24) is 25.1 Å². The fourth-order valence-corrected chi connectivity index (χ4v) is 4.15. The Morgan fingerprint density at radius 3 is 2.72 bits per heavy atom. The number of hydrogen-bond acceptors (Lipinski definition) is 7. The van der Waals surface area contributed by atoms with Crippen LogP contribution in [0.2, 0.25) is 0 Å². The number of rotatable bonds is 7. The van der Waals surface area contributed by atoms with Crippen molar-refractivity contribution in [2.45, 2.75) is 31.2 Å². The van der Waals surface area contributed by atoms with E-state index < -0.39 is 0 Å². The molecule has 0 aromatic carbocycles. The molecule has 1 fully saturated rings. The largest absolute Gasteiger partial charge is 0.368 e. The maximum atomic E-state index is 14.2. The number of thiazole rings is 1. The zero-order chi connectivity index (χ0) is 20.3. The van der Waals surface area contributed by atoms with Crippen LogP contribution in [-0.4, -0.2) is 44.6 Å². The molecule has 150 valence electrons. The van der Waals surface area contributed by atoms with Crippen LogP contribution in [0.1, 0.15) is 40.5 Å². The molecule has 0 unspecified atom stereocenters. The molecular formula is C20H21FN6OS. The second kappa shape index (κ2) is 8.20. The molecule has 7 nitrogen and oxygen atoms in total. The van der Waals surface area contributed by atoms with Crippen molar-refractivity contribution >= 4 is 23.1 Å². The van der Waals surface area contributed by atoms with Gasteiger partial charge in [0.05, 0.1) is 12.2 Å². The number of anilines is 1. The van der Waals surface area contributed by atoms with Gasteiger partial charge in [0.2, 0.25) is 0 Å². The van der Waals surface area contributed by atoms with Crippen LogP contribution in [0.25, 0.3) is 0 Å². The van der Waals surface area contributed by atoms with Gasteiger partial charge in [-0.2, -0.15) is 0 Å². The van der Waals surface area contributed by atoms with Gasteiger partial charge in [0, 0.05) is 36.8 Å². The SMILES string of the molecule is CN(Cc1nccs1)C(=O)c1ccc(NCC2(c3ncccc3F)CCC2)nn1. The minimum Gasteiger partial charge on any atom is -0.368 e. The van der Waals surface area contributed by atoms with E-state index in [-0.39, 0.29) is 22.8 Å². The molecule has 0 spiro atoms. The van der Waals surface area contributed by atoms with Crippen LogP contribution in [0.4, 0.5) is 10.2 Å². The van der Waals surface area contributed by atoms with E-state index in [1.807, 2.05) is 5.38 Å². The fourth-order valence-electron chi connectivity index (χ4n) is 3.48. The molecule has 29 heavy (non-hydrogen) atoms. The summed E-state index contributed by atoms with van der Waals surface area (Å²) in [5.41, 5.74) is 0.446. The molecule has 1 aliphatic carbocycles. The Balaban J connectivity index is 1.39. The Morgan fingerprint density at radius 2 is 2.10 bits per heavy atom. The highest BCUT2D eigenvalue weighted by atomic mass is 32.1. The number of nitrogens with zero attached hydrogens (tertiary/aromatic N) is 5. The molecule has 0 bridgehead atoms. The topological polar surface area (TPSA) is 83.9 Å². The number of aromatic nitrogens is 4. The minimum atomic E-state index is -0.324. The lowest BCUT2D eigenvalue weighted by atomic mass is 9.66. The molecule has 1 saturated carbocycles. The maximum Gasteiger partial charge on any atom is 0.274 e. The van der Waals surface area contributed by atoms with Crippen LogP contribution in [0.5, 0.6) is 0 Å². The molecule has 3 heterocycles. The van der Waals surface area contributed by atoms with Gasteiger partial charge < -0.3 is 10.2 Å². The van der Waals surface area contributed by atoms with Crippen LogP contribution in [0.15, 0.2) is 42.0 Å². The van der Waals surface area contributed by atoms with Gasteiger partial charge in [-0.25, -0.2) is 9.37 Å². The normalized spacial score (nSPS) is 14.8. The summed E-state index contributed by atoms with van der Waals surface area (Å²) >= 11 is 1.50. The molecule has 1 amide bonds. The van der Waals surface area contributed by atoms with Gasteiger partial charge in [-0.3, -0.25) is 9.78 Å². The van der Waals surface area contributed by atoms with Crippen molar-refractivity contribution < 1.29 is 9.18 Å². The number of hydrogen-bond donors (Lipinski definition) is 1. The predicted octanol–water partition coefficient (Wildman–Crippen LogP) is 3.27. The highest BCUT2D eigenvalue weighted by molar-refractivity contribution is 7.09. The van der Waals surface area contributed by atoms with Crippen LogP contribution < -0.4 is 5.32 Å². The number of amides is 1. The molecular weight excluding hydrogens is 391 g/mol. The molecule has 3 aromatic rings. The number of pyridine rings is 1. The Kier molecular flexibility index (Phi) is 5.48. The Morgan fingerprint density at radius 1 is 1.24 bits per heavy atom. The first-order valence-electron chi connectivity index (χ1n) is 9.40. The standard InChI is InChI=1S/C20H21FN6OS/c1-27(12-17-22-10-11-29-17)19(28)15-5-6-16(26-25-15)24-13-20(7-3-8-20)18-14(21)4-2-9-23-18/h2,4-6,9-11H,3,7-8,12-13H2,1H3,(H,24,26). The number of halogens is 1. The van der Waals surface area contributed by atoms with Gasteiger partial charge in [-0.05, 0) is 37.1 Å². The van der Waals surface area contributed by atoms with Crippen LogP contribution in [0, 0.1) is 5.82 Å². The molecule has 0 radical (unpaired) electrons. The van der Waals surface area contributed by atoms with Crippen molar-refractivity contribution in [2.75, 3.05) is 18.9 Å². The van der Waals surface area contributed by atoms with Gasteiger partial charge >= 0.3 is 0 Å². The summed E-state index contributed by atoms with van der Waals surface area (Å²) in [5, 5.41) is 14.1. The fraction of sp³-hybridized carbons (Fsp3) is 0.350. The average Bonchev–Trinajstić information content (AvgIpc) is 3.21. The molecule has 1 N–H and O–H groups in total. The number of carbonyl (C=O) groups excluding carboxylic acids is 1. The zero-order valence-electron chi connectivity index (χ0n) is 16.0. The smallest absolute Gasteiger partial charge is 0.274 e. The molecule has 0 saturated heterocycles. The lowest BCUT2D eigenvalue weighted by Gasteiger charge is -2.41. The van der Waals surface area contributed by atoms with E-state index in [1.54, 1.807) is 42.5 Å². The number of carbonyl (C=O) groups is 1. The van der Waals surface area contributed by atoms with E-state index >= 15 is 0 Å². The van der Waals surface area contributed by atoms with Crippen LogP contribution in [0.3, 0.4) is 0 Å². The lowest BCUT2D eigenvalue weighted by Crippen LogP contribution is -2.42. The van der Waals surface area contributed by atoms with E-state index in [2.05, 4.69) is 25.5 Å². The Bertz CT molecular complexity index is 975. The van der Waals surface area contributed by atoms with Gasteiger partial charge in [0.15, 0.2) is 5.69 Å². The highest BCUT2D eigenvalue weighted by Gasteiger charge is 2.41. The maximum absolute atomic E-state index is 14.2. The van der Waals surface area contributed by atoms with E-state index in [1.165, 1.54) is 17.4 Å².